The van der Waals surface area contributed by atoms with E-state index in [1.807, 2.05) is 0 Å². The van der Waals surface area contributed by atoms with Crippen LogP contribution < -0.4 is 9.64 Å². The van der Waals surface area contributed by atoms with Crippen molar-refractivity contribution >= 4 is 57.3 Å². The number of carbonyl (C=O) groups is 1. The Morgan fingerprint density at radius 3 is 2.38 bits per heavy atom. The van der Waals surface area contributed by atoms with Gasteiger partial charge in [-0.1, -0.05) is 42.2 Å². The van der Waals surface area contributed by atoms with Crippen molar-refractivity contribution in [1.82, 2.24) is 0 Å². The molecule has 0 bridgehead atoms. The van der Waals surface area contributed by atoms with Crippen molar-refractivity contribution in [1.29, 1.82) is 0 Å². The zero-order valence-corrected chi connectivity index (χ0v) is 18.5. The van der Waals surface area contributed by atoms with Crippen LogP contribution in [0.4, 0.5) is 21.5 Å². The maximum Gasteiger partial charge on any atom is 0.318 e. The Hall–Kier alpha value is -4.16. The van der Waals surface area contributed by atoms with Crippen molar-refractivity contribution in [3.63, 3.8) is 0 Å². The number of hydrogen-bond acceptors (Lipinski definition) is 8. The van der Waals surface area contributed by atoms with Gasteiger partial charge in [0.05, 0.1) is 26.5 Å². The SMILES string of the molecule is O=C1/C(=C\c2ccc(Oc3ccc([N+](=O)[O-])cc3[N+](=O)[O-])cc2)SC(=S)N1c1cccc(F)c1. The number of ether oxygens (including phenoxy) is 1. The van der Waals surface area contributed by atoms with Crippen LogP contribution >= 0.6 is 24.0 Å². The average molecular weight is 497 g/mol. The van der Waals surface area contributed by atoms with Gasteiger partial charge in [-0.05, 0) is 48.0 Å². The number of non-ortho nitro benzene ring substituents is 1. The fourth-order valence-corrected chi connectivity index (χ4v) is 4.36. The summed E-state index contributed by atoms with van der Waals surface area (Å²) < 4.78 is 19.4. The minimum atomic E-state index is -0.767. The molecule has 9 nitrogen and oxygen atoms in total. The first-order valence-electron chi connectivity index (χ1n) is 9.47. The first-order valence-corrected chi connectivity index (χ1v) is 10.7. The van der Waals surface area contributed by atoms with Crippen LogP contribution in [0.2, 0.25) is 0 Å². The molecule has 1 amide bonds. The van der Waals surface area contributed by atoms with Crippen LogP contribution in [0.5, 0.6) is 11.5 Å². The number of amides is 1. The summed E-state index contributed by atoms with van der Waals surface area (Å²) in [5.41, 5.74) is -0.00566. The molecule has 0 atom stereocenters. The third-order valence-electron chi connectivity index (χ3n) is 4.62. The van der Waals surface area contributed by atoms with Crippen LogP contribution in [0, 0.1) is 26.0 Å². The van der Waals surface area contributed by atoms with Gasteiger partial charge in [0.25, 0.3) is 11.6 Å². The zero-order chi connectivity index (χ0) is 24.4. The third kappa shape index (κ3) is 4.77. The molecule has 3 aromatic carbocycles. The second-order valence-corrected chi connectivity index (χ2v) is 8.51. The number of benzene rings is 3. The van der Waals surface area contributed by atoms with Crippen LogP contribution in [0.15, 0.2) is 71.6 Å². The molecular formula is C22H12FN3O6S2. The van der Waals surface area contributed by atoms with Gasteiger partial charge in [0.15, 0.2) is 4.32 Å². The highest BCUT2D eigenvalue weighted by atomic mass is 32.2. The van der Waals surface area contributed by atoms with E-state index < -0.39 is 27.0 Å². The molecule has 0 saturated carbocycles. The molecule has 12 heteroatoms. The standard InChI is InChI=1S/C22H12FN3O6S2/c23-14-2-1-3-15(11-14)24-21(27)20(34-22(24)33)10-13-4-7-17(8-5-13)32-19-9-6-16(25(28)29)12-18(19)26(30)31/h1-12H/b20-10+. The molecule has 1 heterocycles. The Balaban J connectivity index is 1.54. The summed E-state index contributed by atoms with van der Waals surface area (Å²) in [6, 6.07) is 15.0. The number of nitrogens with zero attached hydrogens (tertiary/aromatic N) is 3. The van der Waals surface area contributed by atoms with E-state index in [4.69, 9.17) is 17.0 Å². The fraction of sp³-hybridized carbons (Fsp3) is 0. The monoisotopic (exact) mass is 497 g/mol. The minimum absolute atomic E-state index is 0.153. The van der Waals surface area contributed by atoms with E-state index in [1.54, 1.807) is 24.3 Å². The first kappa shape index (κ1) is 23.0. The summed E-state index contributed by atoms with van der Waals surface area (Å²) in [6.07, 6.45) is 1.61. The maximum atomic E-state index is 13.6. The van der Waals surface area contributed by atoms with Crippen LogP contribution in [-0.4, -0.2) is 20.1 Å². The summed E-state index contributed by atoms with van der Waals surface area (Å²) in [5.74, 6) is -0.775. The number of rotatable bonds is 6. The molecule has 0 radical (unpaired) electrons. The lowest BCUT2D eigenvalue weighted by Gasteiger charge is -2.14. The third-order valence-corrected chi connectivity index (χ3v) is 5.92. The molecule has 1 aliphatic rings. The van der Waals surface area contributed by atoms with Crippen molar-refractivity contribution in [2.75, 3.05) is 4.90 Å². The normalized spacial score (nSPS) is 14.5. The summed E-state index contributed by atoms with van der Waals surface area (Å²) in [4.78, 5) is 35.0. The number of thioether (sulfide) groups is 1. The van der Waals surface area contributed by atoms with Gasteiger partial charge in [-0.25, -0.2) is 4.39 Å². The van der Waals surface area contributed by atoms with Crippen LogP contribution in [0.3, 0.4) is 0 Å². The smallest absolute Gasteiger partial charge is 0.318 e. The van der Waals surface area contributed by atoms with E-state index in [0.29, 0.717) is 16.2 Å². The molecule has 0 unspecified atom stereocenters. The Morgan fingerprint density at radius 1 is 1.00 bits per heavy atom. The lowest BCUT2D eigenvalue weighted by molar-refractivity contribution is -0.394. The molecule has 1 saturated heterocycles. The highest BCUT2D eigenvalue weighted by Gasteiger charge is 2.33. The van der Waals surface area contributed by atoms with Crippen LogP contribution in [0.1, 0.15) is 5.56 Å². The quantitative estimate of drug-likeness (QED) is 0.180. The number of nitro benzene ring substituents is 2. The molecule has 3 aromatic rings. The lowest BCUT2D eigenvalue weighted by atomic mass is 10.2. The van der Waals surface area contributed by atoms with Gasteiger partial charge in [0.1, 0.15) is 11.6 Å². The van der Waals surface area contributed by atoms with E-state index in [0.717, 1.165) is 30.0 Å². The zero-order valence-electron chi connectivity index (χ0n) is 16.9. The molecule has 1 aliphatic heterocycles. The number of carbonyl (C=O) groups excluding carboxylic acids is 1. The molecule has 170 valence electrons. The number of anilines is 1. The molecule has 0 N–H and O–H groups in total. The predicted octanol–water partition coefficient (Wildman–Crippen LogP) is 5.84. The Kier molecular flexibility index (Phi) is 6.34. The summed E-state index contributed by atoms with van der Waals surface area (Å²) in [5, 5.41) is 22.1. The predicted molar refractivity (Wildman–Crippen MR) is 128 cm³/mol. The summed E-state index contributed by atoms with van der Waals surface area (Å²) in [6.45, 7) is 0. The van der Waals surface area contributed by atoms with Crippen molar-refractivity contribution in [2.45, 2.75) is 0 Å². The van der Waals surface area contributed by atoms with E-state index in [1.165, 1.54) is 35.2 Å². The largest absolute Gasteiger partial charge is 0.450 e. The number of hydrogen-bond donors (Lipinski definition) is 0. The fourth-order valence-electron chi connectivity index (χ4n) is 3.06. The number of halogens is 1. The Bertz CT molecular complexity index is 1380. The molecular weight excluding hydrogens is 485 g/mol. The first-order chi connectivity index (χ1) is 16.2. The lowest BCUT2D eigenvalue weighted by Crippen LogP contribution is -2.27. The molecule has 1 fully saturated rings. The van der Waals surface area contributed by atoms with Crippen LogP contribution in [0.25, 0.3) is 6.08 Å². The number of thiocarbonyl (C=S) groups is 1. The molecule has 0 spiro atoms. The average Bonchev–Trinajstić information content (AvgIpc) is 3.07. The minimum Gasteiger partial charge on any atom is -0.450 e. The number of nitro groups is 2. The Labute approximate surface area is 200 Å². The van der Waals surface area contributed by atoms with Gasteiger partial charge in [-0.2, -0.15) is 0 Å². The topological polar surface area (TPSA) is 116 Å². The van der Waals surface area contributed by atoms with Gasteiger partial charge < -0.3 is 4.74 Å². The maximum absolute atomic E-state index is 13.6. The van der Waals surface area contributed by atoms with Gasteiger partial charge in [-0.15, -0.1) is 0 Å². The van der Waals surface area contributed by atoms with Gasteiger partial charge >= 0.3 is 5.69 Å². The van der Waals surface area contributed by atoms with Gasteiger partial charge in [0, 0.05) is 6.07 Å². The van der Waals surface area contributed by atoms with Crippen molar-refractivity contribution in [3.8, 4) is 11.5 Å². The van der Waals surface area contributed by atoms with Gasteiger partial charge in [0.2, 0.25) is 5.75 Å². The van der Waals surface area contributed by atoms with E-state index in [2.05, 4.69) is 0 Å². The van der Waals surface area contributed by atoms with Crippen molar-refractivity contribution in [3.05, 3.63) is 103 Å². The second kappa shape index (κ2) is 9.37. The highest BCUT2D eigenvalue weighted by molar-refractivity contribution is 8.27. The summed E-state index contributed by atoms with van der Waals surface area (Å²) >= 11 is 6.35. The van der Waals surface area contributed by atoms with E-state index >= 15 is 0 Å². The van der Waals surface area contributed by atoms with Crippen molar-refractivity contribution in [2.24, 2.45) is 0 Å². The summed E-state index contributed by atoms with van der Waals surface area (Å²) in [7, 11) is 0. The Morgan fingerprint density at radius 2 is 1.74 bits per heavy atom. The van der Waals surface area contributed by atoms with Gasteiger partial charge in [-0.3, -0.25) is 29.9 Å². The van der Waals surface area contributed by atoms with Crippen molar-refractivity contribution < 1.29 is 23.8 Å². The van der Waals surface area contributed by atoms with E-state index in [9.17, 15) is 29.4 Å². The highest BCUT2D eigenvalue weighted by Crippen LogP contribution is 2.37. The molecule has 4 rings (SSSR count). The molecule has 34 heavy (non-hydrogen) atoms. The van der Waals surface area contributed by atoms with Crippen LogP contribution in [-0.2, 0) is 4.79 Å². The molecule has 0 aromatic heterocycles. The second-order valence-electron chi connectivity index (χ2n) is 6.83. The molecule has 0 aliphatic carbocycles. The van der Waals surface area contributed by atoms with E-state index in [-0.39, 0.29) is 21.7 Å².